The molecule has 0 aliphatic heterocycles. The minimum absolute atomic E-state index is 0.0257. The molecule has 3 aromatic rings. The quantitative estimate of drug-likeness (QED) is 0.649. The number of halogens is 1. The van der Waals surface area contributed by atoms with E-state index in [1.165, 1.54) is 11.3 Å². The topological polar surface area (TPSA) is 42.9 Å². The van der Waals surface area contributed by atoms with Gasteiger partial charge in [-0.15, -0.1) is 11.3 Å². The van der Waals surface area contributed by atoms with Crippen LogP contribution in [0.3, 0.4) is 0 Å². The van der Waals surface area contributed by atoms with Gasteiger partial charge in [-0.25, -0.2) is 4.98 Å². The molecule has 1 aromatic carbocycles. The van der Waals surface area contributed by atoms with Gasteiger partial charge in [0.2, 0.25) is 0 Å². The Labute approximate surface area is 134 Å². The van der Waals surface area contributed by atoms with Gasteiger partial charge in [-0.05, 0) is 22.0 Å². The van der Waals surface area contributed by atoms with Gasteiger partial charge in [0.05, 0.1) is 12.1 Å². The summed E-state index contributed by atoms with van der Waals surface area (Å²) in [6, 6.07) is 11.7. The van der Waals surface area contributed by atoms with Crippen molar-refractivity contribution in [3.8, 4) is 11.3 Å². The van der Waals surface area contributed by atoms with E-state index in [1.54, 1.807) is 18.5 Å². The highest BCUT2D eigenvalue weighted by Gasteiger charge is 2.11. The molecular formula is C16H11BrN2OS. The maximum Gasteiger partial charge on any atom is 0.171 e. The van der Waals surface area contributed by atoms with Gasteiger partial charge in [0.25, 0.3) is 0 Å². The molecule has 2 aromatic heterocycles. The molecular weight excluding hydrogens is 348 g/mol. The number of aromatic nitrogens is 2. The number of hydrogen-bond donors (Lipinski definition) is 0. The monoisotopic (exact) mass is 358 g/mol. The van der Waals surface area contributed by atoms with Gasteiger partial charge < -0.3 is 0 Å². The molecule has 0 aliphatic carbocycles. The zero-order valence-corrected chi connectivity index (χ0v) is 13.4. The Hall–Kier alpha value is -1.85. The maximum absolute atomic E-state index is 12.2. The van der Waals surface area contributed by atoms with Crippen LogP contribution in [0.4, 0.5) is 0 Å². The minimum Gasteiger partial charge on any atom is -0.294 e. The summed E-state index contributed by atoms with van der Waals surface area (Å²) in [6.45, 7) is 0. The average Bonchev–Trinajstić information content (AvgIpc) is 2.97. The first-order chi connectivity index (χ1) is 10.2. The van der Waals surface area contributed by atoms with Crippen molar-refractivity contribution in [1.82, 2.24) is 9.97 Å². The zero-order chi connectivity index (χ0) is 14.7. The molecule has 2 heterocycles. The van der Waals surface area contributed by atoms with Gasteiger partial charge in [-0.2, -0.15) is 0 Å². The summed E-state index contributed by atoms with van der Waals surface area (Å²) in [6.07, 6.45) is 3.54. The highest BCUT2D eigenvalue weighted by molar-refractivity contribution is 9.10. The zero-order valence-electron chi connectivity index (χ0n) is 11.0. The molecule has 104 valence electrons. The van der Waals surface area contributed by atoms with Crippen LogP contribution >= 0.6 is 27.3 Å². The van der Waals surface area contributed by atoms with Crippen LogP contribution in [0.1, 0.15) is 15.4 Å². The Morgan fingerprint density at radius 1 is 1.19 bits per heavy atom. The second-order valence-corrected chi connectivity index (χ2v) is 6.34. The third-order valence-electron chi connectivity index (χ3n) is 2.96. The van der Waals surface area contributed by atoms with Crippen molar-refractivity contribution in [3.63, 3.8) is 0 Å². The summed E-state index contributed by atoms with van der Waals surface area (Å²) in [5.74, 6) is 0.0257. The van der Waals surface area contributed by atoms with Crippen LogP contribution in [0, 0.1) is 0 Å². The van der Waals surface area contributed by atoms with E-state index in [0.717, 1.165) is 20.7 Å². The molecule has 0 N–H and O–H groups in total. The van der Waals surface area contributed by atoms with Crippen LogP contribution in [-0.4, -0.2) is 15.8 Å². The molecule has 3 nitrogen and oxygen atoms in total. The number of carbonyl (C=O) groups excluding carboxylic acids is 1. The predicted molar refractivity (Wildman–Crippen MR) is 87.5 cm³/mol. The second-order valence-electron chi connectivity index (χ2n) is 4.48. The summed E-state index contributed by atoms with van der Waals surface area (Å²) in [4.78, 5) is 20.8. The van der Waals surface area contributed by atoms with E-state index >= 15 is 0 Å². The van der Waals surface area contributed by atoms with Crippen molar-refractivity contribution in [2.24, 2.45) is 0 Å². The lowest BCUT2D eigenvalue weighted by Gasteiger charge is -1.99. The number of rotatable bonds is 4. The second kappa shape index (κ2) is 6.28. The molecule has 0 amide bonds. The number of ketones is 1. The third kappa shape index (κ3) is 3.43. The van der Waals surface area contributed by atoms with Crippen LogP contribution in [0.15, 0.2) is 58.6 Å². The number of carbonyl (C=O) groups is 1. The number of hydrogen-bond acceptors (Lipinski definition) is 4. The summed E-state index contributed by atoms with van der Waals surface area (Å²) >= 11 is 4.83. The van der Waals surface area contributed by atoms with Gasteiger partial charge in [-0.3, -0.25) is 9.78 Å². The molecule has 0 radical (unpaired) electrons. The van der Waals surface area contributed by atoms with E-state index in [-0.39, 0.29) is 5.78 Å². The number of Topliss-reactive ketones (excluding diaryl/α,β-unsaturated/α-hetero) is 1. The maximum atomic E-state index is 12.2. The van der Waals surface area contributed by atoms with Crippen molar-refractivity contribution >= 4 is 33.0 Å². The standard InChI is InChI=1S/C16H11BrN2OS/c17-13-6-12(8-18-9-13)15(20)7-16-19-14(10-21-16)11-4-2-1-3-5-11/h1-6,8-10H,7H2. The van der Waals surface area contributed by atoms with Crippen molar-refractivity contribution in [3.05, 3.63) is 69.2 Å². The Morgan fingerprint density at radius 3 is 2.76 bits per heavy atom. The van der Waals surface area contributed by atoms with Gasteiger partial charge in [0.15, 0.2) is 5.78 Å². The average molecular weight is 359 g/mol. The van der Waals surface area contributed by atoms with Gasteiger partial charge in [0, 0.05) is 33.4 Å². The molecule has 0 fully saturated rings. The summed E-state index contributed by atoms with van der Waals surface area (Å²) in [5, 5.41) is 2.80. The lowest BCUT2D eigenvalue weighted by Crippen LogP contribution is -2.03. The van der Waals surface area contributed by atoms with Gasteiger partial charge in [-0.1, -0.05) is 30.3 Å². The largest absolute Gasteiger partial charge is 0.294 e. The van der Waals surface area contributed by atoms with Crippen LogP contribution in [0.25, 0.3) is 11.3 Å². The van der Waals surface area contributed by atoms with E-state index in [4.69, 9.17) is 0 Å². The minimum atomic E-state index is 0.0257. The molecule has 0 saturated carbocycles. The fraction of sp³-hybridized carbons (Fsp3) is 0.0625. The lowest BCUT2D eigenvalue weighted by molar-refractivity contribution is 0.0992. The molecule has 21 heavy (non-hydrogen) atoms. The molecule has 0 atom stereocenters. The van der Waals surface area contributed by atoms with Crippen LogP contribution in [-0.2, 0) is 6.42 Å². The summed E-state index contributed by atoms with van der Waals surface area (Å²) in [7, 11) is 0. The van der Waals surface area contributed by atoms with Gasteiger partial charge in [0.1, 0.15) is 5.01 Å². The molecule has 0 saturated heterocycles. The van der Waals surface area contributed by atoms with E-state index in [0.29, 0.717) is 12.0 Å². The van der Waals surface area contributed by atoms with Crippen LogP contribution in [0.2, 0.25) is 0 Å². The van der Waals surface area contributed by atoms with Crippen molar-refractivity contribution < 1.29 is 4.79 Å². The number of thiazole rings is 1. The van der Waals surface area contributed by atoms with E-state index in [9.17, 15) is 4.79 Å². The fourth-order valence-corrected chi connectivity index (χ4v) is 3.10. The summed E-state index contributed by atoms with van der Waals surface area (Å²) < 4.78 is 0.803. The first-order valence-corrected chi connectivity index (χ1v) is 8.03. The Bertz CT molecular complexity index is 771. The molecule has 3 rings (SSSR count). The molecule has 0 spiro atoms. The molecule has 0 unspecified atom stereocenters. The number of nitrogens with zero attached hydrogens (tertiary/aromatic N) is 2. The van der Waals surface area contributed by atoms with Crippen molar-refractivity contribution in [1.29, 1.82) is 0 Å². The molecule has 0 aliphatic rings. The third-order valence-corrected chi connectivity index (χ3v) is 4.24. The van der Waals surface area contributed by atoms with Crippen LogP contribution < -0.4 is 0 Å². The van der Waals surface area contributed by atoms with E-state index < -0.39 is 0 Å². The first-order valence-electron chi connectivity index (χ1n) is 6.36. The number of benzene rings is 1. The van der Waals surface area contributed by atoms with Crippen molar-refractivity contribution in [2.75, 3.05) is 0 Å². The number of pyridine rings is 1. The SMILES string of the molecule is O=C(Cc1nc(-c2ccccc2)cs1)c1cncc(Br)c1. The van der Waals surface area contributed by atoms with E-state index in [2.05, 4.69) is 25.9 Å². The van der Waals surface area contributed by atoms with E-state index in [1.807, 2.05) is 35.7 Å². The summed E-state index contributed by atoms with van der Waals surface area (Å²) in [5.41, 5.74) is 2.58. The first kappa shape index (κ1) is 14.1. The predicted octanol–water partition coefficient (Wildman–Crippen LogP) is 4.39. The Morgan fingerprint density at radius 2 is 2.00 bits per heavy atom. The highest BCUT2D eigenvalue weighted by atomic mass is 79.9. The van der Waals surface area contributed by atoms with Crippen LogP contribution in [0.5, 0.6) is 0 Å². The fourth-order valence-electron chi connectivity index (χ4n) is 1.94. The Kier molecular flexibility index (Phi) is 4.22. The van der Waals surface area contributed by atoms with Crippen molar-refractivity contribution in [2.45, 2.75) is 6.42 Å². The Balaban J connectivity index is 1.77. The lowest BCUT2D eigenvalue weighted by atomic mass is 10.1. The smallest absolute Gasteiger partial charge is 0.171 e. The highest BCUT2D eigenvalue weighted by Crippen LogP contribution is 2.22. The normalized spacial score (nSPS) is 10.5. The molecule has 0 bridgehead atoms. The molecule has 5 heteroatoms. The van der Waals surface area contributed by atoms with Gasteiger partial charge >= 0.3 is 0 Å².